The first-order valence-electron chi connectivity index (χ1n) is 10.9. The first kappa shape index (κ1) is 21.4. The Hall–Kier alpha value is -3.12. The number of nitrogens with two attached hydrogens (primary N) is 2. The first-order chi connectivity index (χ1) is 16.3. The second-order valence-electron chi connectivity index (χ2n) is 9.07. The van der Waals surface area contributed by atoms with Gasteiger partial charge in [0.25, 0.3) is 0 Å². The molecule has 5 atom stereocenters. The average molecular weight is 524 g/mol. The number of ketones is 1. The molecule has 6 rings (SSSR count). The molecule has 4 heterocycles. The van der Waals surface area contributed by atoms with Crippen molar-refractivity contribution in [3.63, 3.8) is 0 Å². The van der Waals surface area contributed by atoms with Crippen LogP contribution in [0.1, 0.15) is 24.1 Å². The van der Waals surface area contributed by atoms with Gasteiger partial charge in [0.2, 0.25) is 0 Å². The van der Waals surface area contributed by atoms with Crippen LogP contribution in [0.15, 0.2) is 47.3 Å². The molecule has 1 aliphatic carbocycles. The van der Waals surface area contributed by atoms with E-state index < -0.39 is 29.7 Å². The number of hydrogen-bond donors (Lipinski definition) is 5. The fourth-order valence-electron chi connectivity index (χ4n) is 5.47. The largest absolute Gasteiger partial charge is 0.389 e. The van der Waals surface area contributed by atoms with Crippen LogP contribution in [0.2, 0.25) is 0 Å². The van der Waals surface area contributed by atoms with Gasteiger partial charge in [-0.3, -0.25) is 4.79 Å². The second-order valence-corrected chi connectivity index (χ2v) is 9.92. The van der Waals surface area contributed by atoms with E-state index in [4.69, 9.17) is 11.5 Å². The molecule has 7 N–H and O–H groups in total. The second kappa shape index (κ2) is 7.44. The Labute approximate surface area is 202 Å². The van der Waals surface area contributed by atoms with Gasteiger partial charge in [-0.2, -0.15) is 0 Å². The smallest absolute Gasteiger partial charge is 0.164 e. The summed E-state index contributed by atoms with van der Waals surface area (Å²) in [5, 5.41) is 26.9. The molecule has 34 heavy (non-hydrogen) atoms. The summed E-state index contributed by atoms with van der Waals surface area (Å²) >= 11 is 3.38. The minimum absolute atomic E-state index is 0.156. The SMILES string of the molecule is Nc1nc2cc(C3NCC4(CC(n5ccc6c(N)ncnc65)C(O)C4O)C3=O)ccc2cc1Br. The number of fused-ring (bicyclic) bond motifs is 2. The number of halogens is 1. The Morgan fingerprint density at radius 1 is 1.15 bits per heavy atom. The van der Waals surface area contributed by atoms with Gasteiger partial charge in [0, 0.05) is 18.1 Å². The van der Waals surface area contributed by atoms with Crippen LogP contribution < -0.4 is 16.8 Å². The van der Waals surface area contributed by atoms with E-state index in [-0.39, 0.29) is 18.7 Å². The number of rotatable bonds is 2. The Balaban J connectivity index is 1.35. The van der Waals surface area contributed by atoms with Crippen molar-refractivity contribution in [1.82, 2.24) is 24.8 Å². The van der Waals surface area contributed by atoms with E-state index in [1.807, 2.05) is 24.3 Å². The number of carbonyl (C=O) groups is 1. The molecule has 2 aliphatic rings. The highest BCUT2D eigenvalue weighted by Gasteiger charge is 2.61. The Morgan fingerprint density at radius 2 is 1.97 bits per heavy atom. The number of hydrogen-bond acceptors (Lipinski definition) is 9. The topological polar surface area (TPSA) is 165 Å². The highest BCUT2D eigenvalue weighted by Crippen LogP contribution is 2.50. The number of pyridine rings is 1. The molecule has 0 radical (unpaired) electrons. The van der Waals surface area contributed by atoms with Gasteiger partial charge >= 0.3 is 0 Å². The highest BCUT2D eigenvalue weighted by molar-refractivity contribution is 9.10. The van der Waals surface area contributed by atoms with Gasteiger partial charge in [0.15, 0.2) is 5.78 Å². The third-order valence-electron chi connectivity index (χ3n) is 7.28. The number of anilines is 2. The van der Waals surface area contributed by atoms with E-state index in [9.17, 15) is 15.0 Å². The minimum Gasteiger partial charge on any atom is -0.389 e. The summed E-state index contributed by atoms with van der Waals surface area (Å²) in [6.07, 6.45) is 1.00. The summed E-state index contributed by atoms with van der Waals surface area (Å²) in [5.41, 5.74) is 12.7. The predicted octanol–water partition coefficient (Wildman–Crippen LogP) is 1.47. The molecule has 3 aromatic heterocycles. The van der Waals surface area contributed by atoms with Gasteiger partial charge in [0.1, 0.15) is 29.7 Å². The molecule has 0 amide bonds. The molecule has 1 saturated heterocycles. The first-order valence-corrected chi connectivity index (χ1v) is 11.7. The van der Waals surface area contributed by atoms with Crippen LogP contribution in [0.3, 0.4) is 0 Å². The zero-order chi connectivity index (χ0) is 23.8. The number of nitrogens with zero attached hydrogens (tertiary/aromatic N) is 4. The summed E-state index contributed by atoms with van der Waals surface area (Å²) in [6, 6.07) is 8.08. The highest BCUT2D eigenvalue weighted by atomic mass is 79.9. The third kappa shape index (κ3) is 2.91. The lowest BCUT2D eigenvalue weighted by Gasteiger charge is -2.25. The molecule has 1 saturated carbocycles. The van der Waals surface area contributed by atoms with Crippen LogP contribution in [0, 0.1) is 5.41 Å². The van der Waals surface area contributed by atoms with Crippen molar-refractivity contribution in [2.24, 2.45) is 5.41 Å². The van der Waals surface area contributed by atoms with Crippen molar-refractivity contribution in [2.45, 2.75) is 30.7 Å². The summed E-state index contributed by atoms with van der Waals surface area (Å²) in [5.74, 6) is 0.548. The number of Topliss-reactive ketones (excluding diaryl/α,β-unsaturated/α-hetero) is 1. The fraction of sp³-hybridized carbons (Fsp3) is 0.304. The Kier molecular flexibility index (Phi) is 4.69. The lowest BCUT2D eigenvalue weighted by atomic mass is 9.79. The molecule has 1 aliphatic heterocycles. The monoisotopic (exact) mass is 523 g/mol. The van der Waals surface area contributed by atoms with Gasteiger partial charge in [-0.25, -0.2) is 15.0 Å². The molecule has 2 fully saturated rings. The molecule has 11 heteroatoms. The Bertz CT molecular complexity index is 1470. The third-order valence-corrected chi connectivity index (χ3v) is 7.92. The normalized spacial score (nSPS) is 29.1. The molecular weight excluding hydrogens is 502 g/mol. The molecule has 1 spiro atoms. The predicted molar refractivity (Wildman–Crippen MR) is 130 cm³/mol. The maximum absolute atomic E-state index is 13.7. The van der Waals surface area contributed by atoms with Crippen molar-refractivity contribution in [3.8, 4) is 0 Å². The van der Waals surface area contributed by atoms with Crippen LogP contribution in [-0.4, -0.2) is 54.3 Å². The molecule has 10 nitrogen and oxygen atoms in total. The summed E-state index contributed by atoms with van der Waals surface area (Å²) < 4.78 is 2.48. The van der Waals surface area contributed by atoms with Gasteiger partial charge in [-0.05, 0) is 46.1 Å². The lowest BCUT2D eigenvalue weighted by Crippen LogP contribution is -2.42. The average Bonchev–Trinajstić information content (AvgIpc) is 3.46. The van der Waals surface area contributed by atoms with E-state index in [1.165, 1.54) is 6.33 Å². The van der Waals surface area contributed by atoms with E-state index in [0.29, 0.717) is 32.7 Å². The molecule has 4 aromatic rings. The number of aromatic nitrogens is 4. The maximum atomic E-state index is 13.7. The van der Waals surface area contributed by atoms with Crippen LogP contribution in [0.25, 0.3) is 21.9 Å². The summed E-state index contributed by atoms with van der Waals surface area (Å²) in [6.45, 7) is 0.246. The number of nitrogens with one attached hydrogen (secondary N) is 1. The molecular formula is C23H22BrN7O3. The van der Waals surface area contributed by atoms with Gasteiger partial charge in [-0.1, -0.05) is 12.1 Å². The zero-order valence-corrected chi connectivity index (χ0v) is 19.5. The quantitative estimate of drug-likeness (QED) is 0.261. The lowest BCUT2D eigenvalue weighted by molar-refractivity contribution is -0.132. The van der Waals surface area contributed by atoms with Crippen LogP contribution in [-0.2, 0) is 4.79 Å². The van der Waals surface area contributed by atoms with Crippen LogP contribution >= 0.6 is 15.9 Å². The molecule has 174 valence electrons. The summed E-state index contributed by atoms with van der Waals surface area (Å²) in [4.78, 5) is 26.4. The van der Waals surface area contributed by atoms with Crippen molar-refractivity contribution in [3.05, 3.63) is 52.9 Å². The number of benzene rings is 1. The fourth-order valence-corrected chi connectivity index (χ4v) is 5.80. The Morgan fingerprint density at radius 3 is 2.79 bits per heavy atom. The number of carbonyl (C=O) groups excluding carboxylic acids is 1. The van der Waals surface area contributed by atoms with Gasteiger partial charge in [0.05, 0.1) is 39.0 Å². The summed E-state index contributed by atoms with van der Waals surface area (Å²) in [7, 11) is 0. The van der Waals surface area contributed by atoms with Crippen molar-refractivity contribution in [1.29, 1.82) is 0 Å². The van der Waals surface area contributed by atoms with E-state index in [1.54, 1.807) is 16.8 Å². The van der Waals surface area contributed by atoms with E-state index in [2.05, 4.69) is 36.2 Å². The van der Waals surface area contributed by atoms with E-state index in [0.717, 1.165) is 10.9 Å². The zero-order valence-electron chi connectivity index (χ0n) is 17.9. The minimum atomic E-state index is -1.23. The van der Waals surface area contributed by atoms with E-state index >= 15 is 0 Å². The molecule has 5 unspecified atom stereocenters. The van der Waals surface area contributed by atoms with Crippen molar-refractivity contribution in [2.75, 3.05) is 18.0 Å². The van der Waals surface area contributed by atoms with Crippen molar-refractivity contribution < 1.29 is 15.0 Å². The number of aliphatic hydroxyl groups excluding tert-OH is 2. The molecule has 1 aromatic carbocycles. The molecule has 0 bridgehead atoms. The standard InChI is InChI=1S/C23H22BrN7O3/c24-13-5-10-1-2-11(6-14(10)30-21(13)26)16-18(33)23(8-27-16)7-15(17(32)19(23)34)31-4-3-12-20(25)28-9-29-22(12)31/h1-6,9,15-17,19,27,32,34H,7-8H2,(H2,26,30)(H2,25,28,29). The van der Waals surface area contributed by atoms with Crippen LogP contribution in [0.5, 0.6) is 0 Å². The number of aliphatic hydroxyl groups is 2. The van der Waals surface area contributed by atoms with Crippen molar-refractivity contribution >= 4 is 55.3 Å². The van der Waals surface area contributed by atoms with Gasteiger partial charge < -0.3 is 31.6 Å². The van der Waals surface area contributed by atoms with Gasteiger partial charge in [-0.15, -0.1) is 0 Å². The number of nitrogen functional groups attached to an aromatic ring is 2. The maximum Gasteiger partial charge on any atom is 0.164 e. The van der Waals surface area contributed by atoms with Crippen LogP contribution in [0.4, 0.5) is 11.6 Å².